The van der Waals surface area contributed by atoms with Gasteiger partial charge in [-0.2, -0.15) is 0 Å². The van der Waals surface area contributed by atoms with Crippen LogP contribution in [0, 0.1) is 0 Å². The zero-order valence-corrected chi connectivity index (χ0v) is 25.5. The molecule has 0 fully saturated rings. The Morgan fingerprint density at radius 2 is 1.40 bits per heavy atom. The summed E-state index contributed by atoms with van der Waals surface area (Å²) in [5, 5.41) is 10.1. The number of anilines is 2. The highest BCUT2D eigenvalue weighted by Crippen LogP contribution is 2.35. The van der Waals surface area contributed by atoms with E-state index in [0.717, 1.165) is 24.4 Å². The summed E-state index contributed by atoms with van der Waals surface area (Å²) in [5.74, 6) is 0.901. The lowest BCUT2D eigenvalue weighted by Gasteiger charge is -2.21. The molecule has 0 saturated carbocycles. The van der Waals surface area contributed by atoms with Crippen LogP contribution in [0.3, 0.4) is 0 Å². The average molecular weight is 554 g/mol. The molecular formula is C39H43N3. The van der Waals surface area contributed by atoms with Crippen molar-refractivity contribution in [1.29, 1.82) is 0 Å². The summed E-state index contributed by atoms with van der Waals surface area (Å²) in [6, 6.07) is 33.1. The second kappa shape index (κ2) is 12.4. The molecule has 214 valence electrons. The van der Waals surface area contributed by atoms with Crippen molar-refractivity contribution in [2.24, 2.45) is 0 Å². The van der Waals surface area contributed by atoms with Gasteiger partial charge < -0.3 is 10.6 Å². The fraction of sp³-hybridized carbons (Fsp3) is 0.308. The molecule has 0 bridgehead atoms. The number of benzene rings is 4. The van der Waals surface area contributed by atoms with Crippen molar-refractivity contribution in [2.45, 2.75) is 78.3 Å². The number of nitrogens with one attached hydrogen (secondary N) is 2. The van der Waals surface area contributed by atoms with Gasteiger partial charge in [0.15, 0.2) is 0 Å². The van der Waals surface area contributed by atoms with Crippen molar-refractivity contribution in [3.63, 3.8) is 0 Å². The number of aryl methyl sites for hydroxylation is 1. The lowest BCUT2D eigenvalue weighted by atomic mass is 9.90. The second-order valence-electron chi connectivity index (χ2n) is 12.3. The molecule has 1 aromatic heterocycles. The van der Waals surface area contributed by atoms with Crippen LogP contribution < -0.4 is 10.6 Å². The molecule has 1 aliphatic carbocycles. The van der Waals surface area contributed by atoms with Crippen LogP contribution in [0.4, 0.5) is 11.4 Å². The number of fused-ring (bicyclic) bond motifs is 2. The van der Waals surface area contributed by atoms with Gasteiger partial charge >= 0.3 is 0 Å². The summed E-state index contributed by atoms with van der Waals surface area (Å²) in [5.41, 5.74) is 12.8. The topological polar surface area (TPSA) is 37.0 Å². The SMILES string of the molecule is CC(C)c1cccc(C(C)C)c1NCc1cccc(-c2c(CNc3cccc4c3CCCC4)ccc3ccccc23)n1. The Morgan fingerprint density at radius 3 is 2.21 bits per heavy atom. The standard InChI is InChI=1S/C39H43N3/c1-26(2)32-18-11-19-33(27(3)4)39(32)41-25-31-15-10-21-37(42-31)38-30(23-22-29-13-6-8-17-35(29)38)24-40-36-20-9-14-28-12-5-7-16-34(28)36/h6,8-11,13-15,17-23,26-27,40-41H,5,7,12,16,24-25H2,1-4H3. The minimum Gasteiger partial charge on any atom is -0.381 e. The smallest absolute Gasteiger partial charge is 0.0715 e. The van der Waals surface area contributed by atoms with Crippen LogP contribution in [-0.4, -0.2) is 4.98 Å². The molecule has 0 aliphatic heterocycles. The third-order valence-corrected chi connectivity index (χ3v) is 8.76. The van der Waals surface area contributed by atoms with Crippen LogP contribution in [0.2, 0.25) is 0 Å². The van der Waals surface area contributed by atoms with E-state index in [1.165, 1.54) is 74.8 Å². The lowest BCUT2D eigenvalue weighted by molar-refractivity contribution is 0.686. The number of hydrogen-bond donors (Lipinski definition) is 2. The lowest BCUT2D eigenvalue weighted by Crippen LogP contribution is -2.10. The van der Waals surface area contributed by atoms with E-state index in [1.807, 2.05) is 0 Å². The highest BCUT2D eigenvalue weighted by atomic mass is 14.9. The van der Waals surface area contributed by atoms with Gasteiger partial charge in [-0.15, -0.1) is 0 Å². The zero-order chi connectivity index (χ0) is 29.1. The van der Waals surface area contributed by atoms with Crippen molar-refractivity contribution in [3.05, 3.63) is 125 Å². The van der Waals surface area contributed by atoms with Crippen molar-refractivity contribution >= 4 is 22.1 Å². The molecule has 6 rings (SSSR count). The van der Waals surface area contributed by atoms with Crippen LogP contribution in [0.25, 0.3) is 22.0 Å². The van der Waals surface area contributed by atoms with Gasteiger partial charge in [0.25, 0.3) is 0 Å². The molecule has 42 heavy (non-hydrogen) atoms. The maximum Gasteiger partial charge on any atom is 0.0715 e. The van der Waals surface area contributed by atoms with E-state index in [4.69, 9.17) is 4.98 Å². The van der Waals surface area contributed by atoms with Crippen LogP contribution >= 0.6 is 0 Å². The van der Waals surface area contributed by atoms with E-state index in [9.17, 15) is 0 Å². The average Bonchev–Trinajstić information content (AvgIpc) is 3.02. The summed E-state index contributed by atoms with van der Waals surface area (Å²) in [7, 11) is 0. The summed E-state index contributed by atoms with van der Waals surface area (Å²) in [6.45, 7) is 10.5. The largest absolute Gasteiger partial charge is 0.381 e. The van der Waals surface area contributed by atoms with E-state index >= 15 is 0 Å². The number of rotatable bonds is 9. The highest BCUT2D eigenvalue weighted by molar-refractivity contribution is 5.97. The van der Waals surface area contributed by atoms with Crippen LogP contribution in [0.15, 0.2) is 91.0 Å². The highest BCUT2D eigenvalue weighted by Gasteiger charge is 2.17. The molecule has 0 spiro atoms. The molecule has 2 N–H and O–H groups in total. The predicted octanol–water partition coefficient (Wildman–Crippen LogP) is 10.3. The molecule has 1 heterocycles. The number of aromatic nitrogens is 1. The Balaban J connectivity index is 1.33. The molecule has 5 aromatic rings. The number of nitrogens with zero attached hydrogens (tertiary/aromatic N) is 1. The van der Waals surface area contributed by atoms with Gasteiger partial charge in [-0.3, -0.25) is 4.98 Å². The zero-order valence-electron chi connectivity index (χ0n) is 25.5. The first-order chi connectivity index (χ1) is 20.5. The van der Waals surface area contributed by atoms with Gasteiger partial charge in [0.1, 0.15) is 0 Å². The number of pyridine rings is 1. The van der Waals surface area contributed by atoms with E-state index in [2.05, 4.69) is 129 Å². The number of para-hydroxylation sites is 1. The summed E-state index contributed by atoms with van der Waals surface area (Å²) in [6.07, 6.45) is 4.93. The summed E-state index contributed by atoms with van der Waals surface area (Å²) in [4.78, 5) is 5.25. The van der Waals surface area contributed by atoms with Crippen molar-refractivity contribution in [1.82, 2.24) is 4.98 Å². The minimum atomic E-state index is 0.450. The Morgan fingerprint density at radius 1 is 0.667 bits per heavy atom. The Kier molecular flexibility index (Phi) is 8.28. The Hall–Kier alpha value is -4.11. The van der Waals surface area contributed by atoms with Gasteiger partial charge in [0, 0.05) is 23.5 Å². The molecule has 4 aromatic carbocycles. The maximum atomic E-state index is 5.25. The molecule has 0 amide bonds. The molecule has 0 atom stereocenters. The summed E-state index contributed by atoms with van der Waals surface area (Å²) >= 11 is 0. The molecular weight excluding hydrogens is 510 g/mol. The van der Waals surface area contributed by atoms with Gasteiger partial charge in [0.2, 0.25) is 0 Å². The van der Waals surface area contributed by atoms with Gasteiger partial charge in [-0.05, 0) is 94.3 Å². The molecule has 1 aliphatic rings. The monoisotopic (exact) mass is 553 g/mol. The molecule has 0 radical (unpaired) electrons. The van der Waals surface area contributed by atoms with Crippen molar-refractivity contribution < 1.29 is 0 Å². The first-order valence-corrected chi connectivity index (χ1v) is 15.7. The third-order valence-electron chi connectivity index (χ3n) is 8.76. The van der Waals surface area contributed by atoms with Gasteiger partial charge in [-0.1, -0.05) is 100 Å². The van der Waals surface area contributed by atoms with Crippen molar-refractivity contribution in [2.75, 3.05) is 10.6 Å². The van der Waals surface area contributed by atoms with Crippen LogP contribution in [0.1, 0.15) is 85.9 Å². The third kappa shape index (κ3) is 5.79. The Labute approximate surface area is 251 Å². The fourth-order valence-electron chi connectivity index (χ4n) is 6.56. The normalized spacial score (nSPS) is 13.0. The van der Waals surface area contributed by atoms with Gasteiger partial charge in [0.05, 0.1) is 17.9 Å². The van der Waals surface area contributed by atoms with Crippen LogP contribution in [0.5, 0.6) is 0 Å². The number of hydrogen-bond acceptors (Lipinski definition) is 3. The Bertz CT molecular complexity index is 1670. The molecule has 0 saturated heterocycles. The van der Waals surface area contributed by atoms with Gasteiger partial charge in [-0.25, -0.2) is 0 Å². The summed E-state index contributed by atoms with van der Waals surface area (Å²) < 4.78 is 0. The first-order valence-electron chi connectivity index (χ1n) is 15.7. The quantitative estimate of drug-likeness (QED) is 0.191. The van der Waals surface area contributed by atoms with E-state index in [-0.39, 0.29) is 0 Å². The van der Waals surface area contributed by atoms with Crippen molar-refractivity contribution in [3.8, 4) is 11.3 Å². The molecule has 3 heteroatoms. The van der Waals surface area contributed by atoms with E-state index in [0.29, 0.717) is 18.4 Å². The molecule has 0 unspecified atom stereocenters. The maximum absolute atomic E-state index is 5.25. The van der Waals surface area contributed by atoms with E-state index < -0.39 is 0 Å². The molecule has 3 nitrogen and oxygen atoms in total. The second-order valence-corrected chi connectivity index (χ2v) is 12.3. The minimum absolute atomic E-state index is 0.450. The fourth-order valence-corrected chi connectivity index (χ4v) is 6.56. The predicted molar refractivity (Wildman–Crippen MR) is 180 cm³/mol. The van der Waals surface area contributed by atoms with E-state index in [1.54, 1.807) is 0 Å². The van der Waals surface area contributed by atoms with Crippen LogP contribution in [-0.2, 0) is 25.9 Å². The first kappa shape index (κ1) is 28.0.